The van der Waals surface area contributed by atoms with Crippen LogP contribution in [-0.4, -0.2) is 20.2 Å². The first kappa shape index (κ1) is 11.5. The summed E-state index contributed by atoms with van der Waals surface area (Å²) < 4.78 is 1.88. The molecule has 0 bridgehead atoms. The van der Waals surface area contributed by atoms with Crippen LogP contribution in [0.1, 0.15) is 26.3 Å². The van der Waals surface area contributed by atoms with E-state index in [1.54, 1.807) is 12.1 Å². The molecule has 1 unspecified atom stereocenters. The molecule has 3 rings (SSSR count). The van der Waals surface area contributed by atoms with E-state index in [0.717, 1.165) is 17.8 Å². The third kappa shape index (κ3) is 1.75. The number of nitrogens with zero attached hydrogens (tertiary/aromatic N) is 4. The predicted octanol–water partition coefficient (Wildman–Crippen LogP) is 2.55. The summed E-state index contributed by atoms with van der Waals surface area (Å²) in [5.74, 6) is 0.744. The molecule has 18 heavy (non-hydrogen) atoms. The standard InChI is InChI=1S/C12H14ClN5/c1-12(2)6-10(12)18-11(15-16-17-18)7-3-4-8(13)9(14)5-7/h3-5,10H,6,14H2,1-2H3. The first-order chi connectivity index (χ1) is 8.49. The molecule has 1 aliphatic carbocycles. The summed E-state index contributed by atoms with van der Waals surface area (Å²) in [7, 11) is 0. The number of nitrogen functional groups attached to an aromatic ring is 1. The second kappa shape index (κ2) is 3.68. The Balaban J connectivity index is 2.02. The Kier molecular flexibility index (Phi) is 2.35. The van der Waals surface area contributed by atoms with E-state index in [9.17, 15) is 0 Å². The number of nitrogens with two attached hydrogens (primary N) is 1. The number of anilines is 1. The lowest BCUT2D eigenvalue weighted by molar-refractivity contribution is 0.497. The van der Waals surface area contributed by atoms with Crippen LogP contribution in [0.3, 0.4) is 0 Å². The van der Waals surface area contributed by atoms with Gasteiger partial charge in [0.25, 0.3) is 0 Å². The minimum Gasteiger partial charge on any atom is -0.398 e. The quantitative estimate of drug-likeness (QED) is 0.846. The molecule has 1 atom stereocenters. The van der Waals surface area contributed by atoms with Crippen molar-refractivity contribution in [2.75, 3.05) is 5.73 Å². The lowest BCUT2D eigenvalue weighted by atomic mass is 10.1. The molecule has 1 aromatic carbocycles. The zero-order valence-corrected chi connectivity index (χ0v) is 11.0. The number of hydrogen-bond donors (Lipinski definition) is 1. The van der Waals surface area contributed by atoms with Gasteiger partial charge in [0.05, 0.1) is 16.8 Å². The van der Waals surface area contributed by atoms with Gasteiger partial charge >= 0.3 is 0 Å². The molecule has 1 saturated carbocycles. The zero-order chi connectivity index (χ0) is 12.9. The maximum Gasteiger partial charge on any atom is 0.182 e. The number of benzene rings is 1. The van der Waals surface area contributed by atoms with Crippen molar-refractivity contribution in [2.45, 2.75) is 26.3 Å². The molecule has 0 amide bonds. The molecule has 5 nitrogen and oxygen atoms in total. The largest absolute Gasteiger partial charge is 0.398 e. The summed E-state index contributed by atoms with van der Waals surface area (Å²) in [6, 6.07) is 5.82. The highest BCUT2D eigenvalue weighted by Gasteiger charge is 2.49. The molecule has 2 N–H and O–H groups in total. The highest BCUT2D eigenvalue weighted by atomic mass is 35.5. The lowest BCUT2D eigenvalue weighted by Gasteiger charge is -2.07. The van der Waals surface area contributed by atoms with Crippen LogP contribution < -0.4 is 5.73 Å². The summed E-state index contributed by atoms with van der Waals surface area (Å²) in [4.78, 5) is 0. The average molecular weight is 264 g/mol. The summed E-state index contributed by atoms with van der Waals surface area (Å²) in [5.41, 5.74) is 7.51. The molecule has 1 aromatic heterocycles. The third-order valence-corrected chi connectivity index (χ3v) is 3.85. The Morgan fingerprint density at radius 2 is 2.17 bits per heavy atom. The van der Waals surface area contributed by atoms with Crippen molar-refractivity contribution in [3.63, 3.8) is 0 Å². The van der Waals surface area contributed by atoms with Gasteiger partial charge < -0.3 is 5.73 Å². The molecule has 1 aliphatic rings. The Labute approximate surface area is 110 Å². The minimum absolute atomic E-state index is 0.266. The fraction of sp³-hybridized carbons (Fsp3) is 0.417. The first-order valence-corrected chi connectivity index (χ1v) is 6.20. The lowest BCUT2D eigenvalue weighted by Crippen LogP contribution is -2.05. The van der Waals surface area contributed by atoms with E-state index in [0.29, 0.717) is 16.8 Å². The van der Waals surface area contributed by atoms with Crippen molar-refractivity contribution in [1.29, 1.82) is 0 Å². The topological polar surface area (TPSA) is 69.6 Å². The number of halogens is 1. The maximum absolute atomic E-state index is 5.92. The van der Waals surface area contributed by atoms with Gasteiger partial charge in [0.1, 0.15) is 0 Å². The zero-order valence-electron chi connectivity index (χ0n) is 10.3. The van der Waals surface area contributed by atoms with Gasteiger partial charge in [-0.05, 0) is 40.5 Å². The van der Waals surface area contributed by atoms with Gasteiger partial charge in [0.15, 0.2) is 5.82 Å². The number of rotatable bonds is 2. The van der Waals surface area contributed by atoms with E-state index in [1.165, 1.54) is 0 Å². The van der Waals surface area contributed by atoms with Gasteiger partial charge in [0.2, 0.25) is 0 Å². The molecule has 0 radical (unpaired) electrons. The fourth-order valence-corrected chi connectivity index (χ4v) is 2.25. The second-order valence-corrected chi connectivity index (χ2v) is 5.80. The van der Waals surface area contributed by atoms with Gasteiger partial charge in [-0.2, -0.15) is 0 Å². The molecule has 0 saturated heterocycles. The molecule has 0 spiro atoms. The normalized spacial score (nSPS) is 20.9. The summed E-state index contributed by atoms with van der Waals surface area (Å²) in [5, 5.41) is 12.5. The van der Waals surface area contributed by atoms with Crippen LogP contribution in [0.25, 0.3) is 11.4 Å². The van der Waals surface area contributed by atoms with Crippen LogP contribution in [0, 0.1) is 5.41 Å². The van der Waals surface area contributed by atoms with Crippen LogP contribution in [0.15, 0.2) is 18.2 Å². The Hall–Kier alpha value is -1.62. The number of aromatic nitrogens is 4. The number of tetrazole rings is 1. The van der Waals surface area contributed by atoms with Crippen LogP contribution in [0.4, 0.5) is 5.69 Å². The average Bonchev–Trinajstić information content (AvgIpc) is 2.77. The molecule has 0 aliphatic heterocycles. The first-order valence-electron chi connectivity index (χ1n) is 5.82. The molecule has 94 valence electrons. The van der Waals surface area contributed by atoms with Gasteiger partial charge in [-0.1, -0.05) is 25.4 Å². The van der Waals surface area contributed by atoms with E-state index in [1.807, 2.05) is 10.7 Å². The highest BCUT2D eigenvalue weighted by Crippen LogP contribution is 2.55. The van der Waals surface area contributed by atoms with Crippen molar-refractivity contribution in [3.05, 3.63) is 23.2 Å². The van der Waals surface area contributed by atoms with E-state index in [2.05, 4.69) is 29.4 Å². The SMILES string of the molecule is CC1(C)CC1n1nnnc1-c1ccc(Cl)c(N)c1. The van der Waals surface area contributed by atoms with E-state index < -0.39 is 0 Å². The molecular weight excluding hydrogens is 250 g/mol. The smallest absolute Gasteiger partial charge is 0.182 e. The van der Waals surface area contributed by atoms with Gasteiger partial charge in [-0.15, -0.1) is 5.10 Å². The van der Waals surface area contributed by atoms with Crippen LogP contribution in [0.2, 0.25) is 5.02 Å². The van der Waals surface area contributed by atoms with Gasteiger partial charge in [-0.3, -0.25) is 0 Å². The van der Waals surface area contributed by atoms with Crippen molar-refractivity contribution in [2.24, 2.45) is 5.41 Å². The second-order valence-electron chi connectivity index (χ2n) is 5.39. The van der Waals surface area contributed by atoms with E-state index in [4.69, 9.17) is 17.3 Å². The third-order valence-electron chi connectivity index (χ3n) is 3.50. The van der Waals surface area contributed by atoms with Crippen molar-refractivity contribution in [1.82, 2.24) is 20.2 Å². The molecular formula is C12H14ClN5. The van der Waals surface area contributed by atoms with Crippen molar-refractivity contribution in [3.8, 4) is 11.4 Å². The number of hydrogen-bond acceptors (Lipinski definition) is 4. The Morgan fingerprint density at radius 1 is 1.44 bits per heavy atom. The molecule has 1 fully saturated rings. The highest BCUT2D eigenvalue weighted by molar-refractivity contribution is 6.33. The van der Waals surface area contributed by atoms with E-state index in [-0.39, 0.29) is 5.41 Å². The van der Waals surface area contributed by atoms with Crippen LogP contribution in [-0.2, 0) is 0 Å². The summed E-state index contributed by atoms with van der Waals surface area (Å²) in [6.45, 7) is 4.42. The molecule has 2 aromatic rings. The molecule has 1 heterocycles. The maximum atomic E-state index is 5.92. The van der Waals surface area contributed by atoms with Crippen LogP contribution in [0.5, 0.6) is 0 Å². The van der Waals surface area contributed by atoms with Gasteiger partial charge in [-0.25, -0.2) is 4.68 Å². The van der Waals surface area contributed by atoms with Crippen molar-refractivity contribution >= 4 is 17.3 Å². The minimum atomic E-state index is 0.266. The van der Waals surface area contributed by atoms with Crippen molar-refractivity contribution < 1.29 is 0 Å². The molecule has 6 heteroatoms. The van der Waals surface area contributed by atoms with Crippen LogP contribution >= 0.6 is 11.6 Å². The summed E-state index contributed by atoms with van der Waals surface area (Å²) >= 11 is 5.92. The monoisotopic (exact) mass is 263 g/mol. The van der Waals surface area contributed by atoms with E-state index >= 15 is 0 Å². The Morgan fingerprint density at radius 3 is 2.78 bits per heavy atom. The fourth-order valence-electron chi connectivity index (χ4n) is 2.13. The predicted molar refractivity (Wildman–Crippen MR) is 70.1 cm³/mol. The Bertz CT molecular complexity index is 604. The summed E-state index contributed by atoms with van der Waals surface area (Å²) in [6.07, 6.45) is 1.09. The van der Waals surface area contributed by atoms with Gasteiger partial charge in [0, 0.05) is 5.56 Å².